The number of thioether (sulfide) groups is 1. The number of rotatable bonds is 8. The molecule has 0 aromatic heterocycles. The predicted molar refractivity (Wildman–Crippen MR) is 92.1 cm³/mol. The van der Waals surface area contributed by atoms with Gasteiger partial charge in [0.15, 0.2) is 0 Å². The molecule has 0 radical (unpaired) electrons. The van der Waals surface area contributed by atoms with E-state index in [1.165, 1.54) is 23.3 Å². The van der Waals surface area contributed by atoms with Crippen LogP contribution in [0.1, 0.15) is 32.8 Å². The van der Waals surface area contributed by atoms with Crippen LogP contribution in [-0.4, -0.2) is 32.1 Å². The molecular formula is C18H29NOS. The van der Waals surface area contributed by atoms with Gasteiger partial charge in [-0.1, -0.05) is 39.0 Å². The number of nitrogens with one attached hydrogen (secondary N) is 1. The molecule has 0 saturated heterocycles. The zero-order chi connectivity index (χ0) is 15.3. The molecule has 1 aromatic rings. The van der Waals surface area contributed by atoms with Crippen molar-refractivity contribution in [3.05, 3.63) is 29.8 Å². The van der Waals surface area contributed by atoms with E-state index in [1.54, 1.807) is 7.11 Å². The molecule has 0 bridgehead atoms. The lowest BCUT2D eigenvalue weighted by atomic mass is 9.74. The molecule has 0 saturated carbocycles. The lowest BCUT2D eigenvalue weighted by molar-refractivity contribution is 0.167. The largest absolute Gasteiger partial charge is 0.383 e. The predicted octanol–water partition coefficient (Wildman–Crippen LogP) is 3.99. The summed E-state index contributed by atoms with van der Waals surface area (Å²) in [5.74, 6) is 0.678. The van der Waals surface area contributed by atoms with Crippen molar-refractivity contribution < 1.29 is 4.74 Å². The second kappa shape index (κ2) is 7.66. The topological polar surface area (TPSA) is 21.3 Å². The quantitative estimate of drug-likeness (QED) is 0.734. The first-order valence-electron chi connectivity index (χ1n) is 7.99. The van der Waals surface area contributed by atoms with Gasteiger partial charge in [-0.05, 0) is 35.8 Å². The van der Waals surface area contributed by atoms with E-state index in [0.717, 1.165) is 24.9 Å². The minimum Gasteiger partial charge on any atom is -0.383 e. The third-order valence-corrected chi connectivity index (χ3v) is 6.13. The molecule has 1 aromatic carbocycles. The zero-order valence-electron chi connectivity index (χ0n) is 13.8. The van der Waals surface area contributed by atoms with Crippen molar-refractivity contribution in [1.29, 1.82) is 0 Å². The van der Waals surface area contributed by atoms with Crippen molar-refractivity contribution in [2.24, 2.45) is 11.3 Å². The fourth-order valence-electron chi connectivity index (χ4n) is 2.95. The molecule has 1 heterocycles. The van der Waals surface area contributed by atoms with Gasteiger partial charge in [-0.3, -0.25) is 0 Å². The van der Waals surface area contributed by atoms with Gasteiger partial charge in [-0.2, -0.15) is 0 Å². The Hall–Kier alpha value is -0.510. The van der Waals surface area contributed by atoms with Crippen LogP contribution in [-0.2, 0) is 11.2 Å². The fraction of sp³-hybridized carbons (Fsp3) is 0.667. The molecule has 2 unspecified atom stereocenters. The van der Waals surface area contributed by atoms with Crippen molar-refractivity contribution in [3.63, 3.8) is 0 Å². The molecule has 0 fully saturated rings. The Morgan fingerprint density at radius 2 is 2.14 bits per heavy atom. The van der Waals surface area contributed by atoms with Crippen molar-refractivity contribution >= 4 is 11.8 Å². The summed E-state index contributed by atoms with van der Waals surface area (Å²) in [7, 11) is 1.76. The fourth-order valence-corrected chi connectivity index (χ4v) is 4.49. The number of benzene rings is 1. The Bertz CT molecular complexity index is 424. The van der Waals surface area contributed by atoms with Gasteiger partial charge < -0.3 is 10.1 Å². The first-order valence-corrected chi connectivity index (χ1v) is 8.87. The summed E-state index contributed by atoms with van der Waals surface area (Å²) in [5.41, 5.74) is 1.87. The summed E-state index contributed by atoms with van der Waals surface area (Å²) in [6, 6.07) is 8.87. The summed E-state index contributed by atoms with van der Waals surface area (Å²) in [5, 5.41) is 4.29. The molecule has 0 aliphatic carbocycles. The summed E-state index contributed by atoms with van der Waals surface area (Å²) < 4.78 is 5.13. The number of fused-ring (bicyclic) bond motifs is 1. The van der Waals surface area contributed by atoms with Crippen molar-refractivity contribution in [3.8, 4) is 0 Å². The van der Waals surface area contributed by atoms with Crippen molar-refractivity contribution in [2.75, 3.05) is 26.8 Å². The Kier molecular flexibility index (Phi) is 6.15. The highest BCUT2D eigenvalue weighted by Crippen LogP contribution is 2.44. The summed E-state index contributed by atoms with van der Waals surface area (Å²) in [6.07, 6.45) is 2.49. The molecule has 0 amide bonds. The normalized spacial score (nSPS) is 20.5. The van der Waals surface area contributed by atoms with Gasteiger partial charge in [0.1, 0.15) is 0 Å². The first-order chi connectivity index (χ1) is 10.0. The molecule has 2 nitrogen and oxygen atoms in total. The van der Waals surface area contributed by atoms with Gasteiger partial charge in [-0.25, -0.2) is 0 Å². The van der Waals surface area contributed by atoms with Crippen LogP contribution < -0.4 is 5.32 Å². The summed E-state index contributed by atoms with van der Waals surface area (Å²) in [4.78, 5) is 1.49. The van der Waals surface area contributed by atoms with E-state index in [1.807, 2.05) is 0 Å². The van der Waals surface area contributed by atoms with Gasteiger partial charge in [0, 0.05) is 30.3 Å². The van der Waals surface area contributed by atoms with Crippen molar-refractivity contribution in [1.82, 2.24) is 5.32 Å². The number of hydrogen-bond donors (Lipinski definition) is 1. The average Bonchev–Trinajstić information content (AvgIpc) is 2.85. The van der Waals surface area contributed by atoms with Gasteiger partial charge >= 0.3 is 0 Å². The van der Waals surface area contributed by atoms with Crippen LogP contribution in [0.4, 0.5) is 0 Å². The highest BCUT2D eigenvalue weighted by atomic mass is 32.2. The third kappa shape index (κ3) is 4.48. The van der Waals surface area contributed by atoms with E-state index in [4.69, 9.17) is 4.74 Å². The van der Waals surface area contributed by atoms with E-state index >= 15 is 0 Å². The Morgan fingerprint density at radius 1 is 1.38 bits per heavy atom. The van der Waals surface area contributed by atoms with E-state index in [-0.39, 0.29) is 0 Å². The third-order valence-electron chi connectivity index (χ3n) is 4.81. The van der Waals surface area contributed by atoms with Gasteiger partial charge in [0.05, 0.1) is 6.61 Å². The highest BCUT2D eigenvalue weighted by Gasteiger charge is 2.34. The van der Waals surface area contributed by atoms with E-state index in [0.29, 0.717) is 11.3 Å². The lowest BCUT2D eigenvalue weighted by Gasteiger charge is -2.36. The summed E-state index contributed by atoms with van der Waals surface area (Å²) >= 11 is 2.07. The minimum atomic E-state index is 0.341. The molecule has 2 atom stereocenters. The molecule has 21 heavy (non-hydrogen) atoms. The number of ether oxygens (including phenoxy) is 1. The van der Waals surface area contributed by atoms with Crippen LogP contribution in [0.3, 0.4) is 0 Å². The Balaban J connectivity index is 1.91. The second-order valence-corrected chi connectivity index (χ2v) is 8.08. The van der Waals surface area contributed by atoms with E-state index in [9.17, 15) is 0 Å². The first kappa shape index (κ1) is 16.9. The van der Waals surface area contributed by atoms with Crippen LogP contribution in [0.2, 0.25) is 0 Å². The maximum atomic E-state index is 5.13. The van der Waals surface area contributed by atoms with Crippen LogP contribution in [0, 0.1) is 11.3 Å². The molecule has 2 rings (SSSR count). The van der Waals surface area contributed by atoms with Crippen molar-refractivity contribution in [2.45, 2.75) is 43.8 Å². The smallest absolute Gasteiger partial charge is 0.0587 e. The SMILES string of the molecule is COCCNCC(C)(CC1Cc2ccccc2S1)C(C)C. The highest BCUT2D eigenvalue weighted by molar-refractivity contribution is 8.00. The molecule has 3 heteroatoms. The van der Waals surface area contributed by atoms with Gasteiger partial charge in [0.2, 0.25) is 0 Å². The molecule has 0 spiro atoms. The van der Waals surface area contributed by atoms with Gasteiger partial charge in [0.25, 0.3) is 0 Å². The summed E-state index contributed by atoms with van der Waals surface area (Å²) in [6.45, 7) is 9.94. The van der Waals surface area contributed by atoms with Crippen LogP contribution in [0.25, 0.3) is 0 Å². The maximum Gasteiger partial charge on any atom is 0.0587 e. The van der Waals surface area contributed by atoms with Crippen LogP contribution in [0.5, 0.6) is 0 Å². The van der Waals surface area contributed by atoms with Gasteiger partial charge in [-0.15, -0.1) is 11.8 Å². The molecule has 118 valence electrons. The van der Waals surface area contributed by atoms with Crippen LogP contribution in [0.15, 0.2) is 29.2 Å². The van der Waals surface area contributed by atoms with Crippen LogP contribution >= 0.6 is 11.8 Å². The second-order valence-electron chi connectivity index (χ2n) is 6.73. The zero-order valence-corrected chi connectivity index (χ0v) is 14.6. The standard InChI is InChI=1S/C18H29NOS/c1-14(2)18(3,13-19-9-10-20-4)12-16-11-15-7-5-6-8-17(15)21-16/h5-8,14,16,19H,9-13H2,1-4H3. The molecule has 1 aliphatic heterocycles. The minimum absolute atomic E-state index is 0.341. The maximum absolute atomic E-state index is 5.13. The Labute approximate surface area is 134 Å². The number of methoxy groups -OCH3 is 1. The van der Waals surface area contributed by atoms with E-state index in [2.05, 4.69) is 62.1 Å². The van der Waals surface area contributed by atoms with E-state index < -0.39 is 0 Å². The number of hydrogen-bond acceptors (Lipinski definition) is 3. The molecular weight excluding hydrogens is 278 g/mol. The molecule has 1 N–H and O–H groups in total. The molecule has 1 aliphatic rings. The monoisotopic (exact) mass is 307 g/mol. The lowest BCUT2D eigenvalue weighted by Crippen LogP contribution is -2.39. The Morgan fingerprint density at radius 3 is 2.81 bits per heavy atom. The average molecular weight is 308 g/mol.